The summed E-state index contributed by atoms with van der Waals surface area (Å²) in [7, 11) is 1.41. The van der Waals surface area contributed by atoms with Crippen molar-refractivity contribution < 1.29 is 29.6 Å². The van der Waals surface area contributed by atoms with E-state index in [0.29, 0.717) is 25.7 Å². The molecule has 3 N–H and O–H groups in total. The molecule has 0 spiro atoms. The molecule has 0 heterocycles. The summed E-state index contributed by atoms with van der Waals surface area (Å²) >= 11 is 0. The van der Waals surface area contributed by atoms with Gasteiger partial charge in [-0.15, -0.1) is 0 Å². The summed E-state index contributed by atoms with van der Waals surface area (Å²) in [4.78, 5) is 21.3. The van der Waals surface area contributed by atoms with E-state index in [1.54, 1.807) is 0 Å². The zero-order valence-corrected chi connectivity index (χ0v) is 12.5. The number of hydrogen-bond acceptors (Lipinski definition) is 5. The van der Waals surface area contributed by atoms with Gasteiger partial charge in [-0.2, -0.15) is 0 Å². The number of methoxy groups -OCH3 is 1. The maximum absolute atomic E-state index is 11.0. The maximum Gasteiger partial charge on any atom is 0.308 e. The molecule has 2 fully saturated rings. The van der Waals surface area contributed by atoms with Crippen molar-refractivity contribution in [3.63, 3.8) is 0 Å². The number of ether oxygens (including phenoxy) is 1. The molecule has 0 unspecified atom stereocenters. The Hall–Kier alpha value is -1.14. The average Bonchev–Trinajstić information content (AvgIpc) is 2.48. The second kappa shape index (κ2) is 9.00. The zero-order chi connectivity index (χ0) is 15.8. The number of aliphatic carboxylic acids is 1. The van der Waals surface area contributed by atoms with Crippen molar-refractivity contribution in [3.8, 4) is 0 Å². The van der Waals surface area contributed by atoms with Gasteiger partial charge in [0.15, 0.2) is 0 Å². The van der Waals surface area contributed by atoms with Gasteiger partial charge in [-0.25, -0.2) is 0 Å². The first-order chi connectivity index (χ1) is 9.93. The molecule has 2 rings (SSSR count). The molecule has 2 aliphatic carbocycles. The number of esters is 1. The first kappa shape index (κ1) is 17.9. The molecule has 21 heavy (non-hydrogen) atoms. The summed E-state index contributed by atoms with van der Waals surface area (Å²) in [6.45, 7) is 0. The normalized spacial score (nSPS) is 32.5. The van der Waals surface area contributed by atoms with Crippen LogP contribution in [0.5, 0.6) is 0 Å². The zero-order valence-electron chi connectivity index (χ0n) is 12.5. The van der Waals surface area contributed by atoms with Crippen LogP contribution in [0.3, 0.4) is 0 Å². The Morgan fingerprint density at radius 1 is 0.810 bits per heavy atom. The predicted molar refractivity (Wildman–Crippen MR) is 75.6 cm³/mol. The molecule has 6 nitrogen and oxygen atoms in total. The predicted octanol–water partition coefficient (Wildman–Crippen LogP) is 1.33. The number of hydrogen-bond donors (Lipinski definition) is 3. The molecule has 0 bridgehead atoms. The van der Waals surface area contributed by atoms with E-state index in [2.05, 4.69) is 4.74 Å². The van der Waals surface area contributed by atoms with E-state index in [1.807, 2.05) is 0 Å². The first-order valence-electron chi connectivity index (χ1n) is 7.60. The number of carboxylic acid groups (broad SMARTS) is 1. The summed E-state index contributed by atoms with van der Waals surface area (Å²) in [6, 6.07) is 0. The molecular formula is C15H26O6. The van der Waals surface area contributed by atoms with Crippen molar-refractivity contribution in [2.24, 2.45) is 11.8 Å². The van der Waals surface area contributed by atoms with E-state index >= 15 is 0 Å². The Kier molecular flexibility index (Phi) is 7.67. The fourth-order valence-electron chi connectivity index (χ4n) is 2.80. The molecule has 0 aromatic heterocycles. The van der Waals surface area contributed by atoms with Crippen molar-refractivity contribution >= 4 is 11.9 Å². The second-order valence-electron chi connectivity index (χ2n) is 5.87. The highest BCUT2D eigenvalue weighted by Crippen LogP contribution is 2.25. The second-order valence-corrected chi connectivity index (χ2v) is 5.87. The van der Waals surface area contributed by atoms with Crippen molar-refractivity contribution in [1.29, 1.82) is 0 Å². The smallest absolute Gasteiger partial charge is 0.308 e. The van der Waals surface area contributed by atoms with Gasteiger partial charge < -0.3 is 20.1 Å². The van der Waals surface area contributed by atoms with Crippen LogP contribution < -0.4 is 0 Å². The van der Waals surface area contributed by atoms with Gasteiger partial charge in [0.05, 0.1) is 31.2 Å². The molecule has 6 heteroatoms. The quantitative estimate of drug-likeness (QED) is 0.665. The molecule has 2 aliphatic rings. The Labute approximate surface area is 125 Å². The number of carboxylic acids is 1. The molecule has 0 radical (unpaired) electrons. The van der Waals surface area contributed by atoms with Crippen LogP contribution in [-0.2, 0) is 14.3 Å². The summed E-state index contributed by atoms with van der Waals surface area (Å²) < 4.78 is 4.60. The summed E-state index contributed by atoms with van der Waals surface area (Å²) in [5, 5.41) is 26.7. The highest BCUT2D eigenvalue weighted by atomic mass is 16.5. The molecule has 0 atom stereocenters. The lowest BCUT2D eigenvalue weighted by atomic mass is 9.88. The minimum atomic E-state index is -0.716. The highest BCUT2D eigenvalue weighted by molar-refractivity contribution is 5.72. The summed E-state index contributed by atoms with van der Waals surface area (Å²) in [5.74, 6) is -1.02. The highest BCUT2D eigenvalue weighted by Gasteiger charge is 2.25. The fourth-order valence-corrected chi connectivity index (χ4v) is 2.80. The van der Waals surface area contributed by atoms with Crippen LogP contribution in [0.2, 0.25) is 0 Å². The van der Waals surface area contributed by atoms with Crippen LogP contribution in [0, 0.1) is 11.8 Å². The minimum Gasteiger partial charge on any atom is -0.481 e. The molecule has 0 aliphatic heterocycles. The van der Waals surface area contributed by atoms with Crippen molar-refractivity contribution in [2.45, 2.75) is 63.6 Å². The molecular weight excluding hydrogens is 276 g/mol. The van der Waals surface area contributed by atoms with E-state index in [0.717, 1.165) is 25.7 Å². The van der Waals surface area contributed by atoms with Crippen LogP contribution in [0.25, 0.3) is 0 Å². The molecule has 0 saturated heterocycles. The van der Waals surface area contributed by atoms with Gasteiger partial charge in [0, 0.05) is 0 Å². The lowest BCUT2D eigenvalue weighted by Crippen LogP contribution is -2.24. The van der Waals surface area contributed by atoms with Gasteiger partial charge in [-0.3, -0.25) is 9.59 Å². The van der Waals surface area contributed by atoms with Gasteiger partial charge in [0.2, 0.25) is 0 Å². The van der Waals surface area contributed by atoms with Gasteiger partial charge in [-0.05, 0) is 51.4 Å². The Balaban J connectivity index is 0.000000211. The average molecular weight is 302 g/mol. The number of rotatable bonds is 2. The molecule has 0 aromatic carbocycles. The third kappa shape index (κ3) is 6.44. The van der Waals surface area contributed by atoms with E-state index in [9.17, 15) is 9.59 Å². The third-order valence-electron chi connectivity index (χ3n) is 4.28. The number of aliphatic hydroxyl groups is 2. The van der Waals surface area contributed by atoms with Gasteiger partial charge in [0.25, 0.3) is 0 Å². The van der Waals surface area contributed by atoms with Crippen molar-refractivity contribution in [2.75, 3.05) is 7.11 Å². The topological polar surface area (TPSA) is 104 Å². The lowest BCUT2D eigenvalue weighted by Gasteiger charge is -2.22. The minimum absolute atomic E-state index is 0.0309. The number of carbonyl (C=O) groups excluding carboxylic acids is 1. The van der Waals surface area contributed by atoms with Crippen LogP contribution in [0.15, 0.2) is 0 Å². The molecule has 0 amide bonds. The monoisotopic (exact) mass is 302 g/mol. The van der Waals surface area contributed by atoms with E-state index in [-0.39, 0.29) is 30.0 Å². The Morgan fingerprint density at radius 2 is 1.19 bits per heavy atom. The first-order valence-corrected chi connectivity index (χ1v) is 7.60. The molecule has 0 aromatic rings. The van der Waals surface area contributed by atoms with Gasteiger partial charge >= 0.3 is 11.9 Å². The molecule has 2 saturated carbocycles. The third-order valence-corrected chi connectivity index (χ3v) is 4.28. The number of aliphatic hydroxyl groups excluding tert-OH is 2. The van der Waals surface area contributed by atoms with Crippen LogP contribution in [0.4, 0.5) is 0 Å². The Morgan fingerprint density at radius 3 is 1.52 bits per heavy atom. The largest absolute Gasteiger partial charge is 0.481 e. The van der Waals surface area contributed by atoms with Crippen LogP contribution in [0.1, 0.15) is 51.4 Å². The summed E-state index contributed by atoms with van der Waals surface area (Å²) in [5.41, 5.74) is 0. The maximum atomic E-state index is 11.0. The summed E-state index contributed by atoms with van der Waals surface area (Å²) in [6.07, 6.45) is 5.13. The van der Waals surface area contributed by atoms with Crippen molar-refractivity contribution in [1.82, 2.24) is 0 Å². The van der Waals surface area contributed by atoms with Crippen molar-refractivity contribution in [3.05, 3.63) is 0 Å². The molecule has 122 valence electrons. The van der Waals surface area contributed by atoms with Crippen LogP contribution in [-0.4, -0.2) is 46.6 Å². The fraction of sp³-hybridized carbons (Fsp3) is 0.867. The van der Waals surface area contributed by atoms with Gasteiger partial charge in [0.1, 0.15) is 0 Å². The van der Waals surface area contributed by atoms with E-state index in [1.165, 1.54) is 7.11 Å². The number of carbonyl (C=O) groups is 2. The standard InChI is InChI=1S/C8H14O3.C7H12O3/c1-11-8(10)6-2-4-7(9)5-3-6;8-6-3-1-5(2-4-6)7(9)10/h6-7,9H,2-5H2,1H3;5-6,8H,1-4H2,(H,9,10). The van der Waals surface area contributed by atoms with Crippen LogP contribution >= 0.6 is 0 Å². The SMILES string of the molecule is COC(=O)C1CCC(O)CC1.O=C(O)C1CCC(O)CC1. The lowest BCUT2D eigenvalue weighted by molar-refractivity contribution is -0.147. The Bertz CT molecular complexity index is 327. The van der Waals surface area contributed by atoms with Gasteiger partial charge in [-0.1, -0.05) is 0 Å². The van der Waals surface area contributed by atoms with E-state index < -0.39 is 5.97 Å². The van der Waals surface area contributed by atoms with E-state index in [4.69, 9.17) is 15.3 Å².